The summed E-state index contributed by atoms with van der Waals surface area (Å²) in [5, 5.41) is 2.68. The number of nitrogens with zero attached hydrogens (tertiary/aromatic N) is 2. The van der Waals surface area contributed by atoms with Gasteiger partial charge in [0.1, 0.15) is 30.6 Å². The molecule has 0 bridgehead atoms. The molecule has 2 aromatic rings. The summed E-state index contributed by atoms with van der Waals surface area (Å²) in [7, 11) is 3.87. The number of likely N-dealkylation sites (N-methyl/N-ethyl adjacent to an activating group) is 1. The van der Waals surface area contributed by atoms with Crippen molar-refractivity contribution in [1.29, 1.82) is 0 Å². The summed E-state index contributed by atoms with van der Waals surface area (Å²) >= 11 is 0. The maximum atomic E-state index is 14.0. The molecule has 1 unspecified atom stereocenters. The number of amides is 1. The Morgan fingerprint density at radius 1 is 1.38 bits per heavy atom. The topological polar surface area (TPSA) is 63.7 Å². The van der Waals surface area contributed by atoms with Gasteiger partial charge in [0.2, 0.25) is 5.88 Å². The van der Waals surface area contributed by atoms with E-state index in [0.29, 0.717) is 18.1 Å². The third kappa shape index (κ3) is 4.08. The van der Waals surface area contributed by atoms with Crippen LogP contribution in [0.25, 0.3) is 0 Å². The number of ether oxygens (including phenoxy) is 2. The molecule has 1 aliphatic rings. The number of hydrogen-bond donors (Lipinski definition) is 1. The Kier molecular flexibility index (Phi) is 5.32. The molecule has 0 fully saturated rings. The van der Waals surface area contributed by atoms with Gasteiger partial charge in [0.05, 0.1) is 17.2 Å². The van der Waals surface area contributed by atoms with Crippen molar-refractivity contribution in [2.75, 3.05) is 33.9 Å². The van der Waals surface area contributed by atoms with Crippen LogP contribution >= 0.6 is 0 Å². The van der Waals surface area contributed by atoms with Gasteiger partial charge in [-0.2, -0.15) is 0 Å². The molecule has 1 aliphatic heterocycles. The van der Waals surface area contributed by atoms with Gasteiger partial charge in [0.25, 0.3) is 5.91 Å². The van der Waals surface area contributed by atoms with Gasteiger partial charge in [-0.1, -0.05) is 0 Å². The number of halogens is 2. The van der Waals surface area contributed by atoms with E-state index in [4.69, 9.17) is 9.47 Å². The normalized spacial score (nSPS) is 15.5. The van der Waals surface area contributed by atoms with Crippen LogP contribution in [0.1, 0.15) is 22.0 Å². The molecule has 0 radical (unpaired) electrons. The Labute approximate surface area is 149 Å². The van der Waals surface area contributed by atoms with Gasteiger partial charge in [-0.25, -0.2) is 13.8 Å². The molecule has 1 aromatic carbocycles. The first-order chi connectivity index (χ1) is 12.4. The van der Waals surface area contributed by atoms with Crippen LogP contribution in [0.4, 0.5) is 8.78 Å². The Hall–Kier alpha value is -2.74. The van der Waals surface area contributed by atoms with Gasteiger partial charge >= 0.3 is 0 Å². The fraction of sp³-hybridized carbons (Fsp3) is 0.333. The van der Waals surface area contributed by atoms with Crippen molar-refractivity contribution < 1.29 is 23.0 Å². The van der Waals surface area contributed by atoms with Gasteiger partial charge in [0, 0.05) is 30.9 Å². The van der Waals surface area contributed by atoms with Crippen molar-refractivity contribution in [1.82, 2.24) is 15.2 Å². The first-order valence-electron chi connectivity index (χ1n) is 8.10. The highest BCUT2D eigenvalue weighted by Gasteiger charge is 2.30. The highest BCUT2D eigenvalue weighted by molar-refractivity contribution is 5.94. The Morgan fingerprint density at radius 3 is 2.88 bits per heavy atom. The van der Waals surface area contributed by atoms with Crippen LogP contribution in [0.15, 0.2) is 30.5 Å². The van der Waals surface area contributed by atoms with Crippen molar-refractivity contribution in [3.05, 3.63) is 53.2 Å². The van der Waals surface area contributed by atoms with Crippen molar-refractivity contribution in [2.24, 2.45) is 0 Å². The molecule has 1 amide bonds. The maximum Gasteiger partial charge on any atom is 0.253 e. The summed E-state index contributed by atoms with van der Waals surface area (Å²) in [6, 6.07) is 4.36. The lowest BCUT2D eigenvalue weighted by Gasteiger charge is -2.13. The maximum absolute atomic E-state index is 14.0. The summed E-state index contributed by atoms with van der Waals surface area (Å²) < 4.78 is 37.9. The number of carbonyl (C=O) groups is 1. The van der Waals surface area contributed by atoms with E-state index in [1.807, 2.05) is 19.0 Å². The van der Waals surface area contributed by atoms with Crippen molar-refractivity contribution in [3.63, 3.8) is 0 Å². The molecule has 1 aromatic heterocycles. The van der Waals surface area contributed by atoms with Gasteiger partial charge in [-0.05, 0) is 20.2 Å². The number of nitrogens with one attached hydrogen (secondary N) is 1. The Bertz CT molecular complexity index is 797. The minimum absolute atomic E-state index is 0.0423. The van der Waals surface area contributed by atoms with E-state index in [1.165, 1.54) is 6.20 Å². The number of hydrogen-bond acceptors (Lipinski definition) is 5. The molecule has 0 spiro atoms. The summed E-state index contributed by atoms with van der Waals surface area (Å²) in [5.74, 6) is -1.37. The lowest BCUT2D eigenvalue weighted by molar-refractivity contribution is 0.0929. The molecule has 26 heavy (non-hydrogen) atoms. The van der Waals surface area contributed by atoms with Gasteiger partial charge in [0.15, 0.2) is 0 Å². The van der Waals surface area contributed by atoms with Crippen LogP contribution in [-0.4, -0.2) is 49.6 Å². The van der Waals surface area contributed by atoms with Crippen LogP contribution in [0.5, 0.6) is 11.6 Å². The minimum Gasteiger partial charge on any atom is -0.490 e. The number of carbonyl (C=O) groups excluding carboxylic acids is 1. The standard InChI is InChI=1S/C18H19F2N3O3/c1-23(2)5-6-25-16-4-3-11(9-21-16)18(24)22-14-10-26-15-8-12(19)7-13(20)17(14)15/h3-4,7-9,14H,5-6,10H2,1-2H3,(H,22,24). The predicted molar refractivity (Wildman–Crippen MR) is 90.3 cm³/mol. The monoisotopic (exact) mass is 363 g/mol. The van der Waals surface area contributed by atoms with Gasteiger partial charge in [-0.3, -0.25) is 4.79 Å². The first kappa shape index (κ1) is 18.1. The van der Waals surface area contributed by atoms with Crippen LogP contribution < -0.4 is 14.8 Å². The largest absolute Gasteiger partial charge is 0.490 e. The smallest absolute Gasteiger partial charge is 0.253 e. The molecule has 8 heteroatoms. The van der Waals surface area contributed by atoms with Crippen molar-refractivity contribution in [3.8, 4) is 11.6 Å². The molecule has 0 saturated carbocycles. The second-order valence-corrected chi connectivity index (χ2v) is 6.17. The highest BCUT2D eigenvalue weighted by Crippen LogP contribution is 2.35. The van der Waals surface area contributed by atoms with Gasteiger partial charge < -0.3 is 19.7 Å². The summed E-state index contributed by atoms with van der Waals surface area (Å²) in [4.78, 5) is 18.4. The van der Waals surface area contributed by atoms with E-state index < -0.39 is 23.6 Å². The number of pyridine rings is 1. The second-order valence-electron chi connectivity index (χ2n) is 6.17. The zero-order valence-electron chi connectivity index (χ0n) is 14.5. The summed E-state index contributed by atoms with van der Waals surface area (Å²) in [6.07, 6.45) is 1.39. The number of rotatable bonds is 6. The number of fused-ring (bicyclic) bond motifs is 1. The first-order valence-corrected chi connectivity index (χ1v) is 8.10. The molecule has 0 saturated heterocycles. The van der Waals surface area contributed by atoms with Gasteiger partial charge in [-0.15, -0.1) is 0 Å². The minimum atomic E-state index is -0.745. The number of benzene rings is 1. The fourth-order valence-corrected chi connectivity index (χ4v) is 2.56. The van der Waals surface area contributed by atoms with E-state index in [1.54, 1.807) is 12.1 Å². The summed E-state index contributed by atoms with van der Waals surface area (Å²) in [6.45, 7) is 1.27. The molecule has 6 nitrogen and oxygen atoms in total. The lowest BCUT2D eigenvalue weighted by Crippen LogP contribution is -2.30. The van der Waals surface area contributed by atoms with E-state index in [2.05, 4.69) is 10.3 Å². The zero-order valence-corrected chi connectivity index (χ0v) is 14.5. The molecule has 0 aliphatic carbocycles. The molecule has 1 N–H and O–H groups in total. The molecule has 138 valence electrons. The van der Waals surface area contributed by atoms with Crippen LogP contribution in [0.3, 0.4) is 0 Å². The quantitative estimate of drug-likeness (QED) is 0.852. The molecule has 3 rings (SSSR count). The van der Waals surface area contributed by atoms with Crippen molar-refractivity contribution >= 4 is 5.91 Å². The average Bonchev–Trinajstić information content (AvgIpc) is 2.98. The molecular weight excluding hydrogens is 344 g/mol. The lowest BCUT2D eigenvalue weighted by atomic mass is 10.1. The molecule has 2 heterocycles. The zero-order chi connectivity index (χ0) is 18.7. The second kappa shape index (κ2) is 7.65. The SMILES string of the molecule is CN(C)CCOc1ccc(C(=O)NC2COc3cc(F)cc(F)c32)cn1. The van der Waals surface area contributed by atoms with Crippen LogP contribution in [-0.2, 0) is 0 Å². The van der Waals surface area contributed by atoms with E-state index in [9.17, 15) is 13.6 Å². The third-order valence-electron chi connectivity index (χ3n) is 3.90. The Balaban J connectivity index is 1.63. The number of aromatic nitrogens is 1. The van der Waals surface area contributed by atoms with Crippen molar-refractivity contribution in [2.45, 2.75) is 6.04 Å². The predicted octanol–water partition coefficient (Wildman–Crippen LogP) is 2.16. The molecular formula is C18H19F2N3O3. The Morgan fingerprint density at radius 2 is 2.19 bits per heavy atom. The fourth-order valence-electron chi connectivity index (χ4n) is 2.56. The van der Waals surface area contributed by atoms with E-state index >= 15 is 0 Å². The molecule has 1 atom stereocenters. The van der Waals surface area contributed by atoms with Crippen LogP contribution in [0.2, 0.25) is 0 Å². The summed E-state index contributed by atoms with van der Waals surface area (Å²) in [5.41, 5.74) is 0.456. The van der Waals surface area contributed by atoms with Crippen LogP contribution in [0, 0.1) is 11.6 Å². The highest BCUT2D eigenvalue weighted by atomic mass is 19.1. The van der Waals surface area contributed by atoms with E-state index in [0.717, 1.165) is 18.7 Å². The third-order valence-corrected chi connectivity index (χ3v) is 3.90. The average molecular weight is 363 g/mol. The van der Waals surface area contributed by atoms with E-state index in [-0.39, 0.29) is 17.9 Å².